The van der Waals surface area contributed by atoms with Crippen molar-refractivity contribution in [2.45, 2.75) is 69.8 Å². The molecule has 244 valence electrons. The third-order valence-corrected chi connectivity index (χ3v) is 11.1. The molecule has 0 saturated carbocycles. The third-order valence-electron chi connectivity index (χ3n) is 9.21. The van der Waals surface area contributed by atoms with Gasteiger partial charge in [0.05, 0.1) is 0 Å². The Morgan fingerprint density at radius 2 is 1.78 bits per heavy atom. The van der Waals surface area contributed by atoms with Crippen molar-refractivity contribution in [1.82, 2.24) is 13.8 Å². The maximum absolute atomic E-state index is 13.2. The number of unbranched alkanes of at least 4 members (excludes halogenated alkanes) is 3. The zero-order valence-corrected chi connectivity index (χ0v) is 27.2. The number of piperidine rings is 1. The first-order chi connectivity index (χ1) is 21.4. The van der Waals surface area contributed by atoms with Crippen LogP contribution in [0.25, 0.3) is 22.0 Å². The number of nitrogens with zero attached hydrogens (tertiary/aromatic N) is 3. The molecule has 7 nitrogen and oxygen atoms in total. The second kappa shape index (κ2) is 13.9. The van der Waals surface area contributed by atoms with Crippen molar-refractivity contribution in [3.8, 4) is 11.1 Å². The third kappa shape index (κ3) is 7.45. The average Bonchev–Trinajstić information content (AvgIpc) is 3.37. The maximum atomic E-state index is 13.2. The highest BCUT2D eigenvalue weighted by molar-refractivity contribution is 7.90. The van der Waals surface area contributed by atoms with Gasteiger partial charge in [0.2, 0.25) is 0 Å². The summed E-state index contributed by atoms with van der Waals surface area (Å²) in [5.74, 6) is 0.373. The second-order valence-electron chi connectivity index (χ2n) is 12.3. The molecule has 2 N–H and O–H groups in total. The van der Waals surface area contributed by atoms with Gasteiger partial charge in [0.25, 0.3) is 0 Å². The molecule has 2 aliphatic heterocycles. The van der Waals surface area contributed by atoms with Crippen LogP contribution in [0.4, 0.5) is 13.2 Å². The molecular weight excluding hydrogens is 622 g/mol. The van der Waals surface area contributed by atoms with Crippen molar-refractivity contribution in [2.75, 3.05) is 32.7 Å². The van der Waals surface area contributed by atoms with Gasteiger partial charge in [-0.3, -0.25) is 4.79 Å². The highest BCUT2D eigenvalue weighted by atomic mass is 32.2. The fraction of sp³-hybridized carbons (Fsp3) is 0.515. The number of nitrogens with two attached hydrogens (primary N) is 1. The average molecular weight is 663 g/mol. The number of alkyl halides is 3. The van der Waals surface area contributed by atoms with Crippen LogP contribution in [0, 0.1) is 5.92 Å². The van der Waals surface area contributed by atoms with E-state index in [0.29, 0.717) is 17.1 Å². The number of halogens is 3. The van der Waals surface area contributed by atoms with Crippen molar-refractivity contribution in [3.63, 3.8) is 0 Å². The molecule has 0 radical (unpaired) electrons. The molecule has 2 aromatic carbocycles. The van der Waals surface area contributed by atoms with E-state index in [1.807, 2.05) is 42.6 Å². The van der Waals surface area contributed by atoms with E-state index in [9.17, 15) is 26.4 Å². The summed E-state index contributed by atoms with van der Waals surface area (Å²) in [6.45, 7) is 4.49. The molecule has 3 heterocycles. The number of ketones is 1. The summed E-state index contributed by atoms with van der Waals surface area (Å²) in [5.41, 5.74) is 5.01. The van der Waals surface area contributed by atoms with Crippen LogP contribution in [-0.4, -0.2) is 71.2 Å². The lowest BCUT2D eigenvalue weighted by Crippen LogP contribution is -2.50. The number of carbonyl (C=O) groups excluding carboxylic acids is 1. The number of benzene rings is 2. The molecule has 2 fully saturated rings. The Morgan fingerprint density at radius 1 is 1.04 bits per heavy atom. The van der Waals surface area contributed by atoms with Gasteiger partial charge in [0, 0.05) is 72.8 Å². The Hall–Kier alpha value is -2.80. The molecule has 0 spiro atoms. The van der Waals surface area contributed by atoms with Gasteiger partial charge in [-0.05, 0) is 55.5 Å². The Bertz CT molecular complexity index is 1640. The minimum atomic E-state index is -5.37. The van der Waals surface area contributed by atoms with E-state index >= 15 is 0 Å². The standard InChI is InChI=1S/C33H41F3N4O3S2/c1-2-3-4-5-15-38-20-26(21-38)31(41)12-10-23-9-11-28-29(24-7-6-8-25(19-24)32(37)44)22-40(30(28)18-23)27-13-16-39(17-14-27)45(42,43)33(34,35)36/h6-9,11,18-19,22,26-27H,2-5,10,12-17,20-21H2,1H3,(H2,37,44). The molecule has 12 heteroatoms. The fourth-order valence-corrected chi connectivity index (χ4v) is 7.63. The van der Waals surface area contributed by atoms with Gasteiger partial charge < -0.3 is 15.2 Å². The summed E-state index contributed by atoms with van der Waals surface area (Å²) in [6, 6.07) is 13.5. The SMILES string of the molecule is CCCCCCN1CC(C(=O)CCc2ccc3c(-c4cccc(C(N)=S)c4)cn(C4CCN(S(=O)(=O)C(F)(F)F)CC4)c3c2)C1. The lowest BCUT2D eigenvalue weighted by Gasteiger charge is -2.38. The van der Waals surface area contributed by atoms with E-state index < -0.39 is 15.5 Å². The van der Waals surface area contributed by atoms with Gasteiger partial charge in [-0.25, -0.2) is 8.42 Å². The van der Waals surface area contributed by atoms with E-state index in [0.717, 1.165) is 52.8 Å². The predicted octanol–water partition coefficient (Wildman–Crippen LogP) is 6.44. The summed E-state index contributed by atoms with van der Waals surface area (Å²) >= 11 is 5.18. The monoisotopic (exact) mass is 662 g/mol. The van der Waals surface area contributed by atoms with Crippen LogP contribution in [-0.2, 0) is 21.2 Å². The number of hydrogen-bond donors (Lipinski definition) is 1. The molecule has 3 aromatic rings. The molecule has 1 aromatic heterocycles. The zero-order chi connectivity index (χ0) is 32.4. The van der Waals surface area contributed by atoms with Gasteiger partial charge in [0.15, 0.2) is 0 Å². The van der Waals surface area contributed by atoms with Gasteiger partial charge in [-0.2, -0.15) is 17.5 Å². The molecule has 0 amide bonds. The number of rotatable bonds is 13. The normalized spacial score (nSPS) is 17.5. The van der Waals surface area contributed by atoms with E-state index in [1.54, 1.807) is 0 Å². The molecule has 5 rings (SSSR count). The molecule has 0 atom stereocenters. The van der Waals surface area contributed by atoms with Crippen molar-refractivity contribution >= 4 is 43.9 Å². The van der Waals surface area contributed by atoms with E-state index in [4.69, 9.17) is 18.0 Å². The van der Waals surface area contributed by atoms with E-state index in [-0.39, 0.29) is 48.7 Å². The van der Waals surface area contributed by atoms with Crippen LogP contribution >= 0.6 is 12.2 Å². The van der Waals surface area contributed by atoms with Crippen LogP contribution in [0.15, 0.2) is 48.7 Å². The number of carbonyl (C=O) groups is 1. The largest absolute Gasteiger partial charge is 0.511 e. The predicted molar refractivity (Wildman–Crippen MR) is 175 cm³/mol. The summed E-state index contributed by atoms with van der Waals surface area (Å²) in [4.78, 5) is 15.6. The fourth-order valence-electron chi connectivity index (χ4n) is 6.52. The number of sulfonamides is 1. The van der Waals surface area contributed by atoms with Gasteiger partial charge in [-0.1, -0.05) is 68.7 Å². The highest BCUT2D eigenvalue weighted by Gasteiger charge is 2.50. The number of Topliss-reactive ketones (excluding diaryl/α,β-unsaturated/α-hetero) is 1. The first kappa shape index (κ1) is 33.6. The minimum absolute atomic E-state index is 0.0921. The summed E-state index contributed by atoms with van der Waals surface area (Å²) < 4.78 is 66.2. The molecule has 0 aliphatic carbocycles. The molecular formula is C33H41F3N4O3S2. The summed E-state index contributed by atoms with van der Waals surface area (Å²) in [5, 5.41) is 0.952. The first-order valence-corrected chi connectivity index (χ1v) is 17.6. The van der Waals surface area contributed by atoms with Crippen molar-refractivity contribution in [1.29, 1.82) is 0 Å². The second-order valence-corrected chi connectivity index (χ2v) is 14.7. The topological polar surface area (TPSA) is 88.6 Å². The zero-order valence-electron chi connectivity index (χ0n) is 25.6. The van der Waals surface area contributed by atoms with Crippen molar-refractivity contribution in [3.05, 3.63) is 59.8 Å². The number of aryl methyl sites for hydroxylation is 1. The number of fused-ring (bicyclic) bond motifs is 1. The molecule has 2 aliphatic rings. The maximum Gasteiger partial charge on any atom is 0.511 e. The summed E-state index contributed by atoms with van der Waals surface area (Å²) in [7, 11) is -5.37. The van der Waals surface area contributed by atoms with Gasteiger partial charge in [0.1, 0.15) is 10.8 Å². The van der Waals surface area contributed by atoms with Crippen LogP contribution in [0.3, 0.4) is 0 Å². The van der Waals surface area contributed by atoms with Crippen LogP contribution in [0.1, 0.15) is 69.0 Å². The Balaban J connectivity index is 1.34. The number of aromatic nitrogens is 1. The molecule has 2 saturated heterocycles. The smallest absolute Gasteiger partial charge is 0.389 e. The van der Waals surface area contributed by atoms with Crippen LogP contribution in [0.2, 0.25) is 0 Å². The van der Waals surface area contributed by atoms with Crippen LogP contribution < -0.4 is 5.73 Å². The number of likely N-dealkylation sites (tertiary alicyclic amines) is 1. The van der Waals surface area contributed by atoms with E-state index in [2.05, 4.69) is 22.5 Å². The molecule has 45 heavy (non-hydrogen) atoms. The first-order valence-electron chi connectivity index (χ1n) is 15.7. The molecule has 0 unspecified atom stereocenters. The van der Waals surface area contributed by atoms with Gasteiger partial charge in [-0.15, -0.1) is 0 Å². The minimum Gasteiger partial charge on any atom is -0.389 e. The van der Waals surface area contributed by atoms with Gasteiger partial charge >= 0.3 is 15.5 Å². The number of hydrogen-bond acceptors (Lipinski definition) is 5. The Kier molecular flexibility index (Phi) is 10.4. The molecule has 0 bridgehead atoms. The number of thiocarbonyl (C=S) groups is 1. The lowest BCUT2D eigenvalue weighted by molar-refractivity contribution is -0.127. The highest BCUT2D eigenvalue weighted by Crippen LogP contribution is 2.38. The Morgan fingerprint density at radius 3 is 2.44 bits per heavy atom. The van der Waals surface area contributed by atoms with Crippen molar-refractivity contribution < 1.29 is 26.4 Å². The van der Waals surface area contributed by atoms with Crippen molar-refractivity contribution in [2.24, 2.45) is 11.7 Å². The Labute approximate surface area is 268 Å². The summed E-state index contributed by atoms with van der Waals surface area (Å²) in [6.07, 6.45) is 8.39. The van der Waals surface area contributed by atoms with Crippen LogP contribution in [0.5, 0.6) is 0 Å². The van der Waals surface area contributed by atoms with E-state index in [1.165, 1.54) is 25.7 Å². The quantitative estimate of drug-likeness (QED) is 0.167. The lowest BCUT2D eigenvalue weighted by atomic mass is 9.91.